The molecule has 3 N–H and O–H groups in total. The van der Waals surface area contributed by atoms with Crippen LogP contribution < -0.4 is 10.3 Å². The van der Waals surface area contributed by atoms with Crippen LogP contribution in [0.25, 0.3) is 0 Å². The highest BCUT2D eigenvalue weighted by Crippen LogP contribution is 2.26. The number of hydrogen-bond acceptors (Lipinski definition) is 6. The molecule has 104 valence electrons. The quantitative estimate of drug-likeness (QED) is 0.235. The van der Waals surface area contributed by atoms with E-state index in [-0.39, 0.29) is 18.1 Å². The van der Waals surface area contributed by atoms with E-state index in [1.54, 1.807) is 6.92 Å². The van der Waals surface area contributed by atoms with Crippen molar-refractivity contribution in [1.82, 2.24) is 10.3 Å². The van der Waals surface area contributed by atoms with Gasteiger partial charge in [-0.2, -0.15) is 0 Å². The Balaban J connectivity index is 2.49. The average Bonchev–Trinajstić information content (AvgIpc) is 2.31. The van der Waals surface area contributed by atoms with Gasteiger partial charge in [-0.05, 0) is 6.92 Å². The molecule has 0 aromatic carbocycles. The van der Waals surface area contributed by atoms with Crippen molar-refractivity contribution in [3.8, 4) is 0 Å². The predicted octanol–water partition coefficient (Wildman–Crippen LogP) is -1.20. The Labute approximate surface area is 114 Å². The van der Waals surface area contributed by atoms with Gasteiger partial charge >= 0.3 is 5.97 Å². The molecule has 0 aliphatic carbocycles. The Morgan fingerprint density at radius 2 is 2.21 bits per heavy atom. The van der Waals surface area contributed by atoms with E-state index < -0.39 is 38.9 Å². The molecular formula is C10H16BN2O5P. The second-order valence-electron chi connectivity index (χ2n) is 4.45. The van der Waals surface area contributed by atoms with Crippen molar-refractivity contribution in [2.24, 2.45) is 11.8 Å². The molecule has 1 fully saturated rings. The van der Waals surface area contributed by atoms with Crippen molar-refractivity contribution in [3.05, 3.63) is 0 Å². The fourth-order valence-corrected chi connectivity index (χ4v) is 2.24. The zero-order chi connectivity index (χ0) is 14.6. The minimum atomic E-state index is -0.830. The summed E-state index contributed by atoms with van der Waals surface area (Å²) in [4.78, 5) is 36.5. The minimum Gasteiger partial charge on any atom is -0.432 e. The van der Waals surface area contributed by atoms with Gasteiger partial charge in [0.15, 0.2) is 7.98 Å². The zero-order valence-electron chi connectivity index (χ0n) is 10.7. The first-order chi connectivity index (χ1) is 8.88. The molecule has 1 saturated heterocycles. The molecule has 9 heteroatoms. The van der Waals surface area contributed by atoms with Crippen LogP contribution in [-0.4, -0.2) is 42.9 Å². The van der Waals surface area contributed by atoms with Crippen LogP contribution in [0.4, 0.5) is 0 Å². The van der Waals surface area contributed by atoms with Crippen LogP contribution in [0.3, 0.4) is 0 Å². The Bertz CT molecular complexity index is 379. The zero-order valence-corrected chi connectivity index (χ0v) is 11.7. The molecule has 1 rings (SSSR count). The van der Waals surface area contributed by atoms with E-state index >= 15 is 0 Å². The molecule has 1 aliphatic heterocycles. The van der Waals surface area contributed by atoms with E-state index in [4.69, 9.17) is 7.98 Å². The second-order valence-corrected chi connectivity index (χ2v) is 5.15. The molecule has 5 atom stereocenters. The maximum atomic E-state index is 11.8. The monoisotopic (exact) mass is 286 g/mol. The van der Waals surface area contributed by atoms with Crippen LogP contribution >= 0.6 is 8.96 Å². The van der Waals surface area contributed by atoms with Crippen molar-refractivity contribution >= 4 is 34.6 Å². The Hall–Kier alpha value is -0.975. The number of amides is 1. The third-order valence-corrected chi connectivity index (χ3v) is 3.55. The Kier molecular flexibility index (Phi) is 5.91. The first-order valence-corrected chi connectivity index (χ1v) is 6.70. The SMILES string of the molecule is [B]NPOC(=O)CC(=O)[C@H](C)[C@H]1NC(=O)[C@@H]1[C@@H](C)O. The number of carbonyl (C=O) groups is 3. The summed E-state index contributed by atoms with van der Waals surface area (Å²) in [5.74, 6) is -2.47. The molecule has 19 heavy (non-hydrogen) atoms. The number of β-lactam (4-membered cyclic amide) rings is 1. The van der Waals surface area contributed by atoms with Crippen molar-refractivity contribution in [2.45, 2.75) is 32.4 Å². The van der Waals surface area contributed by atoms with Crippen molar-refractivity contribution in [3.63, 3.8) is 0 Å². The lowest BCUT2D eigenvalue weighted by Crippen LogP contribution is -2.65. The van der Waals surface area contributed by atoms with Crippen LogP contribution in [0.5, 0.6) is 0 Å². The molecule has 7 nitrogen and oxygen atoms in total. The van der Waals surface area contributed by atoms with E-state index in [2.05, 4.69) is 14.8 Å². The van der Waals surface area contributed by atoms with Gasteiger partial charge in [0.25, 0.3) is 0 Å². The lowest BCUT2D eigenvalue weighted by Gasteiger charge is -2.41. The number of ketones is 1. The Morgan fingerprint density at radius 3 is 2.68 bits per heavy atom. The summed E-state index contributed by atoms with van der Waals surface area (Å²) in [5, 5.41) is 12.0. The fourth-order valence-electron chi connectivity index (χ4n) is 2.00. The molecule has 0 spiro atoms. The van der Waals surface area contributed by atoms with Crippen LogP contribution in [0.1, 0.15) is 20.3 Å². The summed E-state index contributed by atoms with van der Waals surface area (Å²) in [6, 6.07) is -0.442. The van der Waals surface area contributed by atoms with Gasteiger partial charge in [0.1, 0.15) is 21.2 Å². The number of Topliss-reactive ketones (excluding diaryl/α,β-unsaturated/α-hetero) is 1. The Morgan fingerprint density at radius 1 is 1.58 bits per heavy atom. The van der Waals surface area contributed by atoms with Crippen LogP contribution in [0.15, 0.2) is 0 Å². The van der Waals surface area contributed by atoms with Gasteiger partial charge in [-0.1, -0.05) is 6.92 Å². The fraction of sp³-hybridized carbons (Fsp3) is 0.700. The molecule has 0 aromatic rings. The summed E-state index contributed by atoms with van der Waals surface area (Å²) in [5.41, 5.74) is 0. The van der Waals surface area contributed by atoms with E-state index in [1.165, 1.54) is 6.92 Å². The molecule has 2 radical (unpaired) electrons. The van der Waals surface area contributed by atoms with Gasteiger partial charge in [0.2, 0.25) is 5.91 Å². The summed E-state index contributed by atoms with van der Waals surface area (Å²) >= 11 is 0. The number of aliphatic hydroxyl groups excluding tert-OH is 1. The maximum absolute atomic E-state index is 11.8. The summed E-state index contributed by atoms with van der Waals surface area (Å²) in [6.07, 6.45) is -1.21. The van der Waals surface area contributed by atoms with Gasteiger partial charge in [0.05, 0.1) is 18.1 Å². The van der Waals surface area contributed by atoms with Gasteiger partial charge in [-0.25, -0.2) is 0 Å². The molecule has 1 aliphatic rings. The maximum Gasteiger partial charge on any atom is 0.316 e. The number of hydrogen-bond donors (Lipinski definition) is 3. The van der Waals surface area contributed by atoms with Crippen molar-refractivity contribution < 1.29 is 24.0 Å². The first-order valence-electron chi connectivity index (χ1n) is 5.80. The van der Waals surface area contributed by atoms with Crippen LogP contribution in [0.2, 0.25) is 0 Å². The normalized spacial score (nSPS) is 25.5. The topological polar surface area (TPSA) is 105 Å². The molecule has 0 bridgehead atoms. The largest absolute Gasteiger partial charge is 0.432 e. The molecule has 0 aromatic heterocycles. The smallest absolute Gasteiger partial charge is 0.316 e. The molecule has 1 amide bonds. The van der Waals surface area contributed by atoms with E-state index in [9.17, 15) is 19.5 Å². The summed E-state index contributed by atoms with van der Waals surface area (Å²) in [6.45, 7) is 3.11. The van der Waals surface area contributed by atoms with Crippen molar-refractivity contribution in [1.29, 1.82) is 0 Å². The van der Waals surface area contributed by atoms with Gasteiger partial charge in [0, 0.05) is 5.92 Å². The highest BCUT2D eigenvalue weighted by molar-refractivity contribution is 7.32. The van der Waals surface area contributed by atoms with E-state index in [0.29, 0.717) is 0 Å². The highest BCUT2D eigenvalue weighted by Gasteiger charge is 2.47. The van der Waals surface area contributed by atoms with Gasteiger partial charge < -0.3 is 19.9 Å². The molecular weight excluding hydrogens is 270 g/mol. The van der Waals surface area contributed by atoms with E-state index in [0.717, 1.165) is 0 Å². The number of nitrogens with one attached hydrogen (secondary N) is 2. The third kappa shape index (κ3) is 3.99. The molecule has 1 heterocycles. The van der Waals surface area contributed by atoms with Crippen LogP contribution in [-0.2, 0) is 18.9 Å². The van der Waals surface area contributed by atoms with E-state index in [1.807, 2.05) is 0 Å². The lowest BCUT2D eigenvalue weighted by molar-refractivity contribution is -0.145. The van der Waals surface area contributed by atoms with Gasteiger partial charge in [-0.3, -0.25) is 14.4 Å². The minimum absolute atomic E-state index is 0.281. The van der Waals surface area contributed by atoms with Gasteiger partial charge in [-0.15, -0.1) is 0 Å². The standard InChI is InChI=1S/C10H16BN2O5P/c1-4(6(15)3-7(16)18-19-13-11)9-8(5(2)14)10(17)12-9/h4-5,8-9,13-14,19H,3H2,1-2H3,(H,12,17)/t4-,5+,8+,9+/m0/s1. The van der Waals surface area contributed by atoms with Crippen molar-refractivity contribution in [2.75, 3.05) is 0 Å². The second kappa shape index (κ2) is 6.98. The molecule has 1 unspecified atom stereocenters. The third-order valence-electron chi connectivity index (χ3n) is 3.11. The number of aliphatic hydroxyl groups is 1. The lowest BCUT2D eigenvalue weighted by atomic mass is 9.77. The summed E-state index contributed by atoms with van der Waals surface area (Å²) in [7, 11) is 4.54. The molecule has 0 saturated carbocycles. The first kappa shape index (κ1) is 16.1. The summed E-state index contributed by atoms with van der Waals surface area (Å²) < 4.78 is 4.63. The highest BCUT2D eigenvalue weighted by atomic mass is 31.1. The van der Waals surface area contributed by atoms with Crippen LogP contribution in [0, 0.1) is 11.8 Å². The number of carbonyl (C=O) groups excluding carboxylic acids is 3. The average molecular weight is 286 g/mol. The predicted molar refractivity (Wildman–Crippen MR) is 69.2 cm³/mol. The number of rotatable bonds is 7.